The molecule has 0 aliphatic carbocycles. The maximum absolute atomic E-state index is 11.1. The fourth-order valence-electron chi connectivity index (χ4n) is 2.29. The van der Waals surface area contributed by atoms with Gasteiger partial charge >= 0.3 is 5.97 Å². The predicted molar refractivity (Wildman–Crippen MR) is 82.4 cm³/mol. The molecule has 0 saturated carbocycles. The fraction of sp³-hybridized carbons (Fsp3) is 0.0625. The number of rotatable bonds is 2. The average molecular weight is 321 g/mol. The third-order valence-electron chi connectivity index (χ3n) is 3.26. The second-order valence-corrected chi connectivity index (χ2v) is 5.41. The van der Waals surface area contributed by atoms with E-state index < -0.39 is 5.97 Å². The van der Waals surface area contributed by atoms with Crippen molar-refractivity contribution in [2.45, 2.75) is 0 Å². The normalized spacial score (nSPS) is 13.1. The molecule has 3 rings (SSSR count). The molecular formula is C16H10Cl2O3. The van der Waals surface area contributed by atoms with Crippen LogP contribution in [0.3, 0.4) is 0 Å². The van der Waals surface area contributed by atoms with Crippen molar-refractivity contribution in [2.75, 3.05) is 6.61 Å². The second kappa shape index (κ2) is 5.43. The number of carboxylic acids is 1. The van der Waals surface area contributed by atoms with Crippen LogP contribution in [0.4, 0.5) is 0 Å². The number of carboxylic acid groups (broad SMARTS) is 1. The van der Waals surface area contributed by atoms with E-state index in [4.69, 9.17) is 33.0 Å². The Morgan fingerprint density at radius 3 is 2.62 bits per heavy atom. The number of aromatic carboxylic acids is 1. The molecule has 0 atom stereocenters. The van der Waals surface area contributed by atoms with Gasteiger partial charge in [-0.3, -0.25) is 0 Å². The van der Waals surface area contributed by atoms with Gasteiger partial charge in [0, 0.05) is 21.2 Å². The first-order chi connectivity index (χ1) is 10.1. The van der Waals surface area contributed by atoms with Crippen LogP contribution in [0, 0.1) is 0 Å². The predicted octanol–water partition coefficient (Wildman–Crippen LogP) is 4.52. The van der Waals surface area contributed by atoms with Crippen LogP contribution in [0.2, 0.25) is 10.0 Å². The third kappa shape index (κ3) is 2.62. The van der Waals surface area contributed by atoms with Gasteiger partial charge < -0.3 is 9.84 Å². The standard InChI is InChI=1S/C16H10Cl2O3/c17-10-2-3-12(14(18)8-10)11-5-6-21-15-4-1-9(16(19)20)7-13(11)15/h1-5,7-8H,6H2,(H,19,20). The molecule has 5 heteroatoms. The molecule has 2 aromatic rings. The molecule has 0 amide bonds. The molecule has 1 heterocycles. The van der Waals surface area contributed by atoms with Crippen molar-refractivity contribution >= 4 is 34.7 Å². The van der Waals surface area contributed by atoms with Crippen LogP contribution in [0.25, 0.3) is 5.57 Å². The van der Waals surface area contributed by atoms with Crippen molar-refractivity contribution in [3.05, 3.63) is 69.2 Å². The van der Waals surface area contributed by atoms with Crippen molar-refractivity contribution in [1.29, 1.82) is 0 Å². The van der Waals surface area contributed by atoms with Crippen molar-refractivity contribution in [3.63, 3.8) is 0 Å². The molecule has 106 valence electrons. The minimum atomic E-state index is -0.982. The second-order valence-electron chi connectivity index (χ2n) is 4.57. The Bertz CT molecular complexity index is 766. The lowest BCUT2D eigenvalue weighted by atomic mass is 9.94. The van der Waals surface area contributed by atoms with Crippen LogP contribution in [0.15, 0.2) is 42.5 Å². The lowest BCUT2D eigenvalue weighted by Crippen LogP contribution is -2.07. The third-order valence-corrected chi connectivity index (χ3v) is 3.81. The van der Waals surface area contributed by atoms with Gasteiger partial charge in [0.05, 0.1) is 5.56 Å². The lowest BCUT2D eigenvalue weighted by Gasteiger charge is -2.20. The largest absolute Gasteiger partial charge is 0.489 e. The zero-order valence-corrected chi connectivity index (χ0v) is 12.3. The van der Waals surface area contributed by atoms with E-state index in [1.165, 1.54) is 6.07 Å². The molecule has 21 heavy (non-hydrogen) atoms. The van der Waals surface area contributed by atoms with E-state index in [0.29, 0.717) is 28.0 Å². The summed E-state index contributed by atoms with van der Waals surface area (Å²) in [5, 5.41) is 10.2. The molecule has 0 spiro atoms. The van der Waals surface area contributed by atoms with E-state index in [1.807, 2.05) is 12.1 Å². The van der Waals surface area contributed by atoms with E-state index in [2.05, 4.69) is 0 Å². The smallest absolute Gasteiger partial charge is 0.335 e. The molecular weight excluding hydrogens is 311 g/mol. The minimum Gasteiger partial charge on any atom is -0.489 e. The van der Waals surface area contributed by atoms with Gasteiger partial charge in [-0.1, -0.05) is 29.3 Å². The van der Waals surface area contributed by atoms with Crippen LogP contribution in [-0.2, 0) is 0 Å². The summed E-state index contributed by atoms with van der Waals surface area (Å²) in [5.74, 6) is -0.339. The summed E-state index contributed by atoms with van der Waals surface area (Å²) >= 11 is 12.2. The van der Waals surface area contributed by atoms with E-state index in [1.54, 1.807) is 24.3 Å². The first kappa shape index (κ1) is 14.0. The van der Waals surface area contributed by atoms with Crippen molar-refractivity contribution in [2.24, 2.45) is 0 Å². The Morgan fingerprint density at radius 2 is 1.90 bits per heavy atom. The molecule has 0 aromatic heterocycles. The van der Waals surface area contributed by atoms with E-state index in [9.17, 15) is 4.79 Å². The topological polar surface area (TPSA) is 46.5 Å². The summed E-state index contributed by atoms with van der Waals surface area (Å²) < 4.78 is 5.54. The summed E-state index contributed by atoms with van der Waals surface area (Å²) in [4.78, 5) is 11.1. The molecule has 1 aliphatic rings. The number of halogens is 2. The van der Waals surface area contributed by atoms with Gasteiger partial charge in [0.25, 0.3) is 0 Å². The van der Waals surface area contributed by atoms with E-state index in [-0.39, 0.29) is 5.56 Å². The molecule has 1 N–H and O–H groups in total. The highest BCUT2D eigenvalue weighted by atomic mass is 35.5. The molecule has 0 unspecified atom stereocenters. The van der Waals surface area contributed by atoms with Gasteiger partial charge in [0.1, 0.15) is 12.4 Å². The van der Waals surface area contributed by atoms with E-state index in [0.717, 1.165) is 11.1 Å². The van der Waals surface area contributed by atoms with Crippen LogP contribution >= 0.6 is 23.2 Å². The number of carbonyl (C=O) groups is 1. The number of ether oxygens (including phenoxy) is 1. The van der Waals surface area contributed by atoms with Gasteiger partial charge in [0.15, 0.2) is 0 Å². The van der Waals surface area contributed by atoms with Gasteiger partial charge in [-0.15, -0.1) is 0 Å². The summed E-state index contributed by atoms with van der Waals surface area (Å²) in [7, 11) is 0. The lowest BCUT2D eigenvalue weighted by molar-refractivity contribution is 0.0697. The van der Waals surface area contributed by atoms with Crippen molar-refractivity contribution < 1.29 is 14.6 Å². The molecule has 0 saturated heterocycles. The zero-order chi connectivity index (χ0) is 15.0. The summed E-state index contributed by atoms with van der Waals surface area (Å²) in [6.45, 7) is 0.410. The maximum Gasteiger partial charge on any atom is 0.335 e. The zero-order valence-electron chi connectivity index (χ0n) is 10.8. The molecule has 1 aliphatic heterocycles. The number of benzene rings is 2. The quantitative estimate of drug-likeness (QED) is 0.885. The van der Waals surface area contributed by atoms with Gasteiger partial charge in [0.2, 0.25) is 0 Å². The van der Waals surface area contributed by atoms with Gasteiger partial charge in [-0.25, -0.2) is 4.79 Å². The molecule has 2 aromatic carbocycles. The molecule has 0 fully saturated rings. The van der Waals surface area contributed by atoms with E-state index >= 15 is 0 Å². The minimum absolute atomic E-state index is 0.204. The fourth-order valence-corrected chi connectivity index (χ4v) is 2.80. The Balaban J connectivity index is 2.16. The average Bonchev–Trinajstić information content (AvgIpc) is 2.46. The molecule has 0 radical (unpaired) electrons. The van der Waals surface area contributed by atoms with Gasteiger partial charge in [-0.05, 0) is 42.0 Å². The first-order valence-corrected chi connectivity index (χ1v) is 6.98. The highest BCUT2D eigenvalue weighted by Crippen LogP contribution is 2.38. The summed E-state index contributed by atoms with van der Waals surface area (Å²) in [6, 6.07) is 10.0. The van der Waals surface area contributed by atoms with Crippen molar-refractivity contribution in [3.8, 4) is 5.75 Å². The van der Waals surface area contributed by atoms with Crippen LogP contribution < -0.4 is 4.74 Å². The molecule has 3 nitrogen and oxygen atoms in total. The summed E-state index contributed by atoms with van der Waals surface area (Å²) in [6.07, 6.45) is 1.88. The van der Waals surface area contributed by atoms with Crippen LogP contribution in [-0.4, -0.2) is 17.7 Å². The Hall–Kier alpha value is -1.97. The SMILES string of the molecule is O=C(O)c1ccc2c(c1)C(c1ccc(Cl)cc1Cl)=CCO2. The maximum atomic E-state index is 11.1. The number of hydrogen-bond acceptors (Lipinski definition) is 2. The van der Waals surface area contributed by atoms with Gasteiger partial charge in [-0.2, -0.15) is 0 Å². The summed E-state index contributed by atoms with van der Waals surface area (Å²) in [5.41, 5.74) is 2.56. The number of fused-ring (bicyclic) bond motifs is 1. The highest BCUT2D eigenvalue weighted by molar-refractivity contribution is 6.35. The highest BCUT2D eigenvalue weighted by Gasteiger charge is 2.19. The number of hydrogen-bond donors (Lipinski definition) is 1. The Labute approximate surface area is 131 Å². The van der Waals surface area contributed by atoms with Crippen LogP contribution in [0.5, 0.6) is 5.75 Å². The Kier molecular flexibility index (Phi) is 3.62. The monoisotopic (exact) mass is 320 g/mol. The Morgan fingerprint density at radius 1 is 1.10 bits per heavy atom. The van der Waals surface area contributed by atoms with Crippen LogP contribution in [0.1, 0.15) is 21.5 Å². The van der Waals surface area contributed by atoms with Crippen molar-refractivity contribution in [1.82, 2.24) is 0 Å². The first-order valence-electron chi connectivity index (χ1n) is 6.22. The molecule has 0 bridgehead atoms.